The summed E-state index contributed by atoms with van der Waals surface area (Å²) in [6.45, 7) is 2.52. The van der Waals surface area contributed by atoms with Crippen LogP contribution in [0.1, 0.15) is 24.3 Å². The van der Waals surface area contributed by atoms with E-state index in [1.807, 2.05) is 18.2 Å². The van der Waals surface area contributed by atoms with Gasteiger partial charge in [0.2, 0.25) is 11.8 Å². The van der Waals surface area contributed by atoms with E-state index in [1.165, 1.54) is 22.2 Å². The zero-order chi connectivity index (χ0) is 16.9. The molecular formula is C16H18N4O3S. The van der Waals surface area contributed by atoms with Crippen molar-refractivity contribution >= 4 is 23.7 Å². The maximum absolute atomic E-state index is 11.5. The van der Waals surface area contributed by atoms with E-state index >= 15 is 0 Å². The average molecular weight is 346 g/mol. The Morgan fingerprint density at radius 1 is 1.29 bits per heavy atom. The third-order valence-corrected chi connectivity index (χ3v) is 4.57. The van der Waals surface area contributed by atoms with Crippen LogP contribution < -0.4 is 5.32 Å². The van der Waals surface area contributed by atoms with Crippen molar-refractivity contribution < 1.29 is 14.0 Å². The molecule has 1 N–H and O–H groups in total. The van der Waals surface area contributed by atoms with Gasteiger partial charge in [0.15, 0.2) is 0 Å². The molecule has 1 aromatic heterocycles. The van der Waals surface area contributed by atoms with Crippen molar-refractivity contribution in [1.29, 1.82) is 0 Å². The van der Waals surface area contributed by atoms with Gasteiger partial charge in [-0.3, -0.25) is 9.69 Å². The predicted octanol–water partition coefficient (Wildman–Crippen LogP) is 2.06. The van der Waals surface area contributed by atoms with E-state index in [0.717, 1.165) is 0 Å². The minimum Gasteiger partial charge on any atom is -0.416 e. The van der Waals surface area contributed by atoms with Crippen molar-refractivity contribution in [2.24, 2.45) is 0 Å². The molecule has 2 aromatic rings. The quantitative estimate of drug-likeness (QED) is 0.610. The van der Waals surface area contributed by atoms with Crippen LogP contribution in [0.2, 0.25) is 0 Å². The minimum absolute atomic E-state index is 0.0750. The highest BCUT2D eigenvalue weighted by molar-refractivity contribution is 7.99. The van der Waals surface area contributed by atoms with Gasteiger partial charge in [0.1, 0.15) is 0 Å². The van der Waals surface area contributed by atoms with Gasteiger partial charge in [-0.1, -0.05) is 49.0 Å². The molecule has 0 saturated carbocycles. The van der Waals surface area contributed by atoms with E-state index < -0.39 is 0 Å². The summed E-state index contributed by atoms with van der Waals surface area (Å²) >= 11 is 1.34. The highest BCUT2D eigenvalue weighted by Crippen LogP contribution is 2.22. The van der Waals surface area contributed by atoms with Gasteiger partial charge in [0.05, 0.1) is 6.54 Å². The van der Waals surface area contributed by atoms with Crippen molar-refractivity contribution in [3.63, 3.8) is 0 Å². The first-order chi connectivity index (χ1) is 11.6. The van der Waals surface area contributed by atoms with Crippen LogP contribution in [0.25, 0.3) is 0 Å². The molecule has 0 radical (unpaired) electrons. The number of urea groups is 1. The molecular weight excluding hydrogens is 328 g/mol. The highest BCUT2D eigenvalue weighted by atomic mass is 32.2. The van der Waals surface area contributed by atoms with Gasteiger partial charge in [-0.2, -0.15) is 0 Å². The fourth-order valence-corrected chi connectivity index (χ4v) is 3.15. The normalized spacial score (nSPS) is 15.6. The Labute approximate surface area is 143 Å². The number of thioether (sulfide) groups is 1. The summed E-state index contributed by atoms with van der Waals surface area (Å²) < 4.78 is 5.63. The van der Waals surface area contributed by atoms with E-state index in [2.05, 4.69) is 34.6 Å². The SMILES string of the molecule is CC(Cc1nnc(SCCN2C(=O)CNC2=O)o1)c1ccccc1. The Balaban J connectivity index is 1.49. The number of nitrogens with zero attached hydrogens (tertiary/aromatic N) is 3. The zero-order valence-electron chi connectivity index (χ0n) is 13.3. The molecule has 1 aliphatic rings. The average Bonchev–Trinajstić information content (AvgIpc) is 3.16. The van der Waals surface area contributed by atoms with Gasteiger partial charge < -0.3 is 9.73 Å². The number of aromatic nitrogens is 2. The lowest BCUT2D eigenvalue weighted by Crippen LogP contribution is -2.32. The van der Waals surface area contributed by atoms with Crippen LogP contribution in [-0.4, -0.2) is 45.9 Å². The smallest absolute Gasteiger partial charge is 0.324 e. The standard InChI is InChI=1S/C16H18N4O3S/c1-11(12-5-3-2-4-6-12)9-13-18-19-16(23-13)24-8-7-20-14(21)10-17-15(20)22/h2-6,11H,7-10H2,1H3,(H,17,22). The van der Waals surface area contributed by atoms with E-state index in [9.17, 15) is 9.59 Å². The first-order valence-corrected chi connectivity index (χ1v) is 8.70. The van der Waals surface area contributed by atoms with Crippen LogP contribution >= 0.6 is 11.8 Å². The second kappa shape index (κ2) is 7.48. The summed E-state index contributed by atoms with van der Waals surface area (Å²) in [7, 11) is 0. The monoisotopic (exact) mass is 346 g/mol. The minimum atomic E-state index is -0.344. The topological polar surface area (TPSA) is 88.3 Å². The third-order valence-electron chi connectivity index (χ3n) is 3.78. The van der Waals surface area contributed by atoms with Crippen LogP contribution in [0, 0.1) is 0 Å². The summed E-state index contributed by atoms with van der Waals surface area (Å²) in [5.74, 6) is 1.19. The maximum atomic E-state index is 11.5. The second-order valence-electron chi connectivity index (χ2n) is 5.53. The Morgan fingerprint density at radius 3 is 2.79 bits per heavy atom. The first kappa shape index (κ1) is 16.5. The lowest BCUT2D eigenvalue weighted by Gasteiger charge is -2.10. The number of imide groups is 1. The summed E-state index contributed by atoms with van der Waals surface area (Å²) in [5, 5.41) is 11.0. The second-order valence-corrected chi connectivity index (χ2v) is 6.58. The van der Waals surface area contributed by atoms with Gasteiger partial charge in [0, 0.05) is 18.7 Å². The van der Waals surface area contributed by atoms with Crippen molar-refractivity contribution in [2.75, 3.05) is 18.8 Å². The molecule has 1 aromatic carbocycles. The Bertz CT molecular complexity index is 703. The summed E-state index contributed by atoms with van der Waals surface area (Å²) in [5.41, 5.74) is 1.23. The molecule has 1 aliphatic heterocycles. The molecule has 0 bridgehead atoms. The first-order valence-electron chi connectivity index (χ1n) is 7.72. The largest absolute Gasteiger partial charge is 0.416 e. The molecule has 8 heteroatoms. The molecule has 7 nitrogen and oxygen atoms in total. The Morgan fingerprint density at radius 2 is 2.08 bits per heavy atom. The van der Waals surface area contributed by atoms with Gasteiger partial charge in [0.25, 0.3) is 5.22 Å². The number of amides is 3. The van der Waals surface area contributed by atoms with Crippen molar-refractivity contribution in [3.05, 3.63) is 41.8 Å². The maximum Gasteiger partial charge on any atom is 0.324 e. The van der Waals surface area contributed by atoms with E-state index in [1.54, 1.807) is 0 Å². The molecule has 3 amide bonds. The van der Waals surface area contributed by atoms with Crippen LogP contribution in [0.4, 0.5) is 4.79 Å². The molecule has 0 spiro atoms. The van der Waals surface area contributed by atoms with Gasteiger partial charge >= 0.3 is 6.03 Å². The van der Waals surface area contributed by atoms with Crippen LogP contribution in [0.3, 0.4) is 0 Å². The summed E-state index contributed by atoms with van der Waals surface area (Å²) in [4.78, 5) is 24.1. The number of hydrogen-bond acceptors (Lipinski definition) is 6. The molecule has 1 unspecified atom stereocenters. The Hall–Kier alpha value is -2.35. The van der Waals surface area contributed by atoms with Crippen LogP contribution in [-0.2, 0) is 11.2 Å². The number of carbonyl (C=O) groups is 2. The van der Waals surface area contributed by atoms with Gasteiger partial charge in [-0.05, 0) is 11.5 Å². The highest BCUT2D eigenvalue weighted by Gasteiger charge is 2.27. The van der Waals surface area contributed by atoms with E-state index in [-0.39, 0.29) is 24.4 Å². The van der Waals surface area contributed by atoms with Gasteiger partial charge in [-0.25, -0.2) is 4.79 Å². The molecule has 126 valence electrons. The molecule has 1 atom stereocenters. The number of nitrogens with one attached hydrogen (secondary N) is 1. The fraction of sp³-hybridized carbons (Fsp3) is 0.375. The molecule has 0 aliphatic carbocycles. The third kappa shape index (κ3) is 3.94. The summed E-state index contributed by atoms with van der Waals surface area (Å²) in [6, 6.07) is 9.82. The zero-order valence-corrected chi connectivity index (χ0v) is 14.1. The number of hydrogen-bond donors (Lipinski definition) is 1. The van der Waals surface area contributed by atoms with Crippen molar-refractivity contribution in [2.45, 2.75) is 24.5 Å². The number of benzene rings is 1. The van der Waals surface area contributed by atoms with E-state index in [4.69, 9.17) is 4.42 Å². The number of carbonyl (C=O) groups excluding carboxylic acids is 2. The van der Waals surface area contributed by atoms with Crippen LogP contribution in [0.5, 0.6) is 0 Å². The molecule has 1 fully saturated rings. The Kier molecular flexibility index (Phi) is 5.14. The van der Waals surface area contributed by atoms with Crippen LogP contribution in [0.15, 0.2) is 40.0 Å². The predicted molar refractivity (Wildman–Crippen MR) is 88.7 cm³/mol. The summed E-state index contributed by atoms with van der Waals surface area (Å²) in [6.07, 6.45) is 0.671. The lowest BCUT2D eigenvalue weighted by atomic mass is 9.98. The fourth-order valence-electron chi connectivity index (χ4n) is 2.45. The van der Waals surface area contributed by atoms with Gasteiger partial charge in [-0.15, -0.1) is 10.2 Å². The van der Waals surface area contributed by atoms with Crippen molar-refractivity contribution in [1.82, 2.24) is 20.4 Å². The molecule has 1 saturated heterocycles. The number of rotatable bonds is 7. The molecule has 2 heterocycles. The lowest BCUT2D eigenvalue weighted by molar-refractivity contribution is -0.124. The van der Waals surface area contributed by atoms with E-state index in [0.29, 0.717) is 29.8 Å². The molecule has 24 heavy (non-hydrogen) atoms. The van der Waals surface area contributed by atoms with Crippen molar-refractivity contribution in [3.8, 4) is 0 Å². The molecule has 3 rings (SSSR count).